The van der Waals surface area contributed by atoms with Gasteiger partial charge in [-0.25, -0.2) is 19.4 Å². The number of aromatic carboxylic acids is 1. The van der Waals surface area contributed by atoms with E-state index in [0.717, 1.165) is 65.5 Å². The van der Waals surface area contributed by atoms with Crippen molar-refractivity contribution in [2.45, 2.75) is 26.2 Å². The van der Waals surface area contributed by atoms with Gasteiger partial charge >= 0.3 is 5.97 Å². The lowest BCUT2D eigenvalue weighted by Gasteiger charge is -2.29. The summed E-state index contributed by atoms with van der Waals surface area (Å²) >= 11 is 0. The molecule has 0 spiro atoms. The molecule has 0 unspecified atom stereocenters. The highest BCUT2D eigenvalue weighted by atomic mass is 16.5. The van der Waals surface area contributed by atoms with Gasteiger partial charge in [0.1, 0.15) is 5.82 Å². The van der Waals surface area contributed by atoms with Crippen molar-refractivity contribution in [1.82, 2.24) is 19.7 Å². The van der Waals surface area contributed by atoms with Crippen molar-refractivity contribution in [3.8, 4) is 16.8 Å². The maximum absolute atomic E-state index is 12.2. The van der Waals surface area contributed by atoms with Crippen molar-refractivity contribution >= 4 is 28.5 Å². The number of aromatic nitrogens is 4. The molecule has 4 heterocycles. The monoisotopic (exact) mass is 530 g/mol. The van der Waals surface area contributed by atoms with E-state index in [2.05, 4.69) is 46.2 Å². The van der Waals surface area contributed by atoms with Crippen molar-refractivity contribution in [3.05, 3.63) is 60.0 Å². The van der Waals surface area contributed by atoms with Crippen LogP contribution >= 0.6 is 0 Å². The van der Waals surface area contributed by atoms with Gasteiger partial charge in [-0.3, -0.25) is 0 Å². The van der Waals surface area contributed by atoms with Gasteiger partial charge in [-0.05, 0) is 54.3 Å². The Morgan fingerprint density at radius 1 is 1.15 bits per heavy atom. The number of hydrogen-bond donors (Lipinski definition) is 2. The van der Waals surface area contributed by atoms with Gasteiger partial charge in [0.2, 0.25) is 0 Å². The number of rotatable bonds is 10. The Labute approximate surface area is 227 Å². The van der Waals surface area contributed by atoms with E-state index in [1.807, 2.05) is 24.3 Å². The number of ether oxygens (including phenoxy) is 2. The van der Waals surface area contributed by atoms with E-state index < -0.39 is 5.97 Å². The van der Waals surface area contributed by atoms with Gasteiger partial charge < -0.3 is 24.8 Å². The van der Waals surface area contributed by atoms with Crippen LogP contribution in [0.4, 0.5) is 11.5 Å². The van der Waals surface area contributed by atoms with Gasteiger partial charge in [-0.15, -0.1) is 0 Å². The fourth-order valence-electron chi connectivity index (χ4n) is 4.80. The van der Waals surface area contributed by atoms with Crippen LogP contribution in [0.15, 0.2) is 48.7 Å². The molecule has 204 valence electrons. The van der Waals surface area contributed by atoms with Gasteiger partial charge in [0.05, 0.1) is 30.0 Å². The molecular weight excluding hydrogens is 496 g/mol. The van der Waals surface area contributed by atoms with Crippen LogP contribution in [0.5, 0.6) is 0 Å². The number of methoxy groups -OCH3 is 1. The molecule has 1 aromatic carbocycles. The topological polar surface area (TPSA) is 115 Å². The molecule has 0 aliphatic carbocycles. The number of fused-ring (bicyclic) bond motifs is 1. The third-order valence-electron chi connectivity index (χ3n) is 6.79. The first-order valence-corrected chi connectivity index (χ1v) is 13.3. The second kappa shape index (κ2) is 11.8. The maximum atomic E-state index is 12.2. The van der Waals surface area contributed by atoms with Crippen molar-refractivity contribution in [3.63, 3.8) is 0 Å². The van der Waals surface area contributed by atoms with Crippen molar-refractivity contribution in [2.75, 3.05) is 56.8 Å². The molecule has 1 aliphatic heterocycles. The highest BCUT2D eigenvalue weighted by Gasteiger charge is 2.23. The van der Waals surface area contributed by atoms with E-state index in [0.29, 0.717) is 25.5 Å². The number of benzene rings is 1. The van der Waals surface area contributed by atoms with Crippen LogP contribution in [0.1, 0.15) is 42.4 Å². The average Bonchev–Trinajstić information content (AvgIpc) is 3.36. The second-order valence-corrected chi connectivity index (χ2v) is 9.84. The Balaban J connectivity index is 1.61. The molecule has 1 saturated heterocycles. The average molecular weight is 531 g/mol. The summed E-state index contributed by atoms with van der Waals surface area (Å²) in [6.45, 7) is 8.59. The predicted molar refractivity (Wildman–Crippen MR) is 151 cm³/mol. The lowest BCUT2D eigenvalue weighted by Crippen LogP contribution is -2.36. The van der Waals surface area contributed by atoms with Gasteiger partial charge in [0, 0.05) is 50.8 Å². The van der Waals surface area contributed by atoms with Gasteiger partial charge in [0.25, 0.3) is 0 Å². The Morgan fingerprint density at radius 2 is 1.95 bits per heavy atom. The number of nitrogens with zero attached hydrogens (tertiary/aromatic N) is 5. The Hall–Kier alpha value is -4.02. The lowest BCUT2D eigenvalue weighted by molar-refractivity contribution is 0.0691. The summed E-state index contributed by atoms with van der Waals surface area (Å²) in [5.41, 5.74) is 4.76. The van der Waals surface area contributed by atoms with Crippen molar-refractivity contribution in [1.29, 1.82) is 0 Å². The summed E-state index contributed by atoms with van der Waals surface area (Å²) in [4.78, 5) is 23.6. The number of carboxylic acids is 1. The van der Waals surface area contributed by atoms with E-state index >= 15 is 0 Å². The minimum Gasteiger partial charge on any atom is -0.477 e. The summed E-state index contributed by atoms with van der Waals surface area (Å²) in [6, 6.07) is 13.6. The molecule has 39 heavy (non-hydrogen) atoms. The molecule has 1 aliphatic rings. The van der Waals surface area contributed by atoms with Crippen LogP contribution < -0.4 is 10.2 Å². The fourth-order valence-corrected chi connectivity index (χ4v) is 4.80. The minimum atomic E-state index is -1.09. The van der Waals surface area contributed by atoms with Gasteiger partial charge in [0.15, 0.2) is 11.3 Å². The molecule has 1 fully saturated rings. The van der Waals surface area contributed by atoms with E-state index in [1.165, 1.54) is 0 Å². The van der Waals surface area contributed by atoms with Crippen LogP contribution in [0.25, 0.3) is 27.8 Å². The molecule has 3 aromatic heterocycles. The molecule has 10 nitrogen and oxygen atoms in total. The first-order chi connectivity index (χ1) is 19.0. The van der Waals surface area contributed by atoms with Crippen LogP contribution in [-0.2, 0) is 9.47 Å². The molecule has 0 bridgehead atoms. The largest absolute Gasteiger partial charge is 0.477 e. The lowest BCUT2D eigenvalue weighted by atomic mass is 9.98. The smallest absolute Gasteiger partial charge is 0.354 e. The first-order valence-electron chi connectivity index (χ1n) is 13.3. The number of pyridine rings is 2. The summed E-state index contributed by atoms with van der Waals surface area (Å²) in [6.07, 6.45) is 2.64. The molecule has 10 heteroatoms. The molecule has 0 atom stereocenters. The second-order valence-electron chi connectivity index (χ2n) is 9.84. The third-order valence-corrected chi connectivity index (χ3v) is 6.79. The van der Waals surface area contributed by atoms with E-state index in [-0.39, 0.29) is 11.6 Å². The Kier molecular flexibility index (Phi) is 8.04. The molecular formula is C29H34N6O4. The third kappa shape index (κ3) is 5.71. The van der Waals surface area contributed by atoms with Gasteiger partial charge in [-0.1, -0.05) is 19.9 Å². The molecule has 0 saturated carbocycles. The molecule has 5 rings (SSSR count). The van der Waals surface area contributed by atoms with Crippen molar-refractivity contribution in [2.24, 2.45) is 0 Å². The summed E-state index contributed by atoms with van der Waals surface area (Å²) in [7, 11) is 1.68. The minimum absolute atomic E-state index is 0.0416. The van der Waals surface area contributed by atoms with Crippen LogP contribution in [0.2, 0.25) is 0 Å². The number of carbonyl (C=O) groups is 1. The first kappa shape index (κ1) is 26.6. The number of hydrogen-bond acceptors (Lipinski definition) is 8. The number of carboxylic acid groups (broad SMARTS) is 1. The van der Waals surface area contributed by atoms with Crippen molar-refractivity contribution < 1.29 is 19.4 Å². The SMILES string of the molecule is COCCCNc1ccc(-c2cc(C(=O)O)nc3c2c(C(C)C)nn3-c2cccc(N3CCOCC3)c2)cn1. The van der Waals surface area contributed by atoms with Crippen LogP contribution in [0, 0.1) is 0 Å². The predicted octanol–water partition coefficient (Wildman–Crippen LogP) is 4.59. The van der Waals surface area contributed by atoms with Crippen LogP contribution in [0.3, 0.4) is 0 Å². The fraction of sp³-hybridized carbons (Fsp3) is 0.379. The maximum Gasteiger partial charge on any atom is 0.354 e. The number of nitrogens with one attached hydrogen (secondary N) is 1. The molecule has 4 aromatic rings. The molecule has 0 radical (unpaired) electrons. The van der Waals surface area contributed by atoms with Crippen LogP contribution in [-0.4, -0.2) is 77.4 Å². The molecule has 0 amide bonds. The zero-order valence-corrected chi connectivity index (χ0v) is 22.6. The highest BCUT2D eigenvalue weighted by Crippen LogP contribution is 2.36. The summed E-state index contributed by atoms with van der Waals surface area (Å²) in [5.74, 6) is -0.260. The zero-order valence-electron chi connectivity index (χ0n) is 22.6. The zero-order chi connectivity index (χ0) is 27.4. The summed E-state index contributed by atoms with van der Waals surface area (Å²) in [5, 5.41) is 19.0. The Morgan fingerprint density at radius 3 is 2.64 bits per heavy atom. The standard InChI is InChI=1S/C29H34N6O4/c1-19(2)27-26-23(20-8-9-25(31-18-20)30-10-5-13-38-3)17-24(29(36)37)32-28(26)35(33-27)22-7-4-6-21(16-22)34-11-14-39-15-12-34/h4,6-9,16-19H,5,10-15H2,1-3H3,(H,30,31)(H,36,37). The Bertz CT molecular complexity index is 1440. The number of morpholine rings is 1. The highest BCUT2D eigenvalue weighted by molar-refractivity contribution is 6.00. The molecule has 2 N–H and O–H groups in total. The van der Waals surface area contributed by atoms with E-state index in [1.54, 1.807) is 24.1 Å². The van der Waals surface area contributed by atoms with Gasteiger partial charge in [-0.2, -0.15) is 5.10 Å². The quantitative estimate of drug-likeness (QED) is 0.284. The number of anilines is 2. The summed E-state index contributed by atoms with van der Waals surface area (Å²) < 4.78 is 12.4. The van der Waals surface area contributed by atoms with E-state index in [4.69, 9.17) is 14.6 Å². The normalized spacial score (nSPS) is 13.8. The van der Waals surface area contributed by atoms with E-state index in [9.17, 15) is 9.90 Å².